The molecule has 1 aromatic carbocycles. The van der Waals surface area contributed by atoms with Gasteiger partial charge in [-0.15, -0.1) is 0 Å². The molecule has 11 nitrogen and oxygen atoms in total. The van der Waals surface area contributed by atoms with Gasteiger partial charge in [0.2, 0.25) is 0 Å². The summed E-state index contributed by atoms with van der Waals surface area (Å²) in [6.45, 7) is 5.22. The number of carbonyl (C=O) groups excluding carboxylic acids is 1. The first kappa shape index (κ1) is 25.5. The highest BCUT2D eigenvalue weighted by atomic mass is 35.5. The summed E-state index contributed by atoms with van der Waals surface area (Å²) in [5.41, 5.74) is 7.24. The number of likely N-dealkylation sites (tertiary alicyclic amines) is 1. The molecule has 192 valence electrons. The van der Waals surface area contributed by atoms with Crippen LogP contribution in [0.4, 0.5) is 5.69 Å². The fourth-order valence-corrected chi connectivity index (χ4v) is 5.56. The van der Waals surface area contributed by atoms with Crippen LogP contribution in [0.2, 0.25) is 5.02 Å². The van der Waals surface area contributed by atoms with Gasteiger partial charge in [-0.3, -0.25) is 9.69 Å². The van der Waals surface area contributed by atoms with Crippen LogP contribution in [0.3, 0.4) is 0 Å². The minimum atomic E-state index is -1.82. The number of piperidine rings is 1. The van der Waals surface area contributed by atoms with Crippen LogP contribution < -0.4 is 15.8 Å². The Hall–Kier alpha value is -2.60. The van der Waals surface area contributed by atoms with E-state index in [9.17, 15) is 9.90 Å². The van der Waals surface area contributed by atoms with Crippen LogP contribution in [0.5, 0.6) is 5.75 Å². The molecule has 1 aliphatic carbocycles. The summed E-state index contributed by atoms with van der Waals surface area (Å²) < 4.78 is 11.0. The highest BCUT2D eigenvalue weighted by Gasteiger charge is 2.56. The smallest absolute Gasteiger partial charge is 0.414 e. The van der Waals surface area contributed by atoms with Crippen molar-refractivity contribution in [3.8, 4) is 5.75 Å². The minimum absolute atomic E-state index is 0.150. The topological polar surface area (TPSA) is 172 Å². The SMILES string of the molecule is Nc1c(Cl)cc(C(=O)NCC2C3CN(CC4(O)CCOCC4)CC23)c2c1CCO2.O=C(O)C(=O)O. The molecule has 4 aliphatic rings. The zero-order valence-corrected chi connectivity index (χ0v) is 19.9. The van der Waals surface area contributed by atoms with E-state index in [1.807, 2.05) is 0 Å². The van der Waals surface area contributed by atoms with Crippen molar-refractivity contribution in [2.75, 3.05) is 51.7 Å². The zero-order chi connectivity index (χ0) is 25.3. The molecular formula is C23H30ClN3O8. The quantitative estimate of drug-likeness (QED) is 0.276. The lowest BCUT2D eigenvalue weighted by Gasteiger charge is -2.36. The molecule has 2 saturated heterocycles. The maximum absolute atomic E-state index is 12.7. The first-order valence-electron chi connectivity index (χ1n) is 11.6. The number of aliphatic carboxylic acids is 2. The Morgan fingerprint density at radius 1 is 1.14 bits per heavy atom. The second-order valence-electron chi connectivity index (χ2n) is 9.57. The van der Waals surface area contributed by atoms with Crippen LogP contribution in [-0.2, 0) is 20.7 Å². The van der Waals surface area contributed by atoms with E-state index in [4.69, 9.17) is 46.6 Å². The molecule has 3 heterocycles. The second kappa shape index (κ2) is 10.2. The van der Waals surface area contributed by atoms with Crippen molar-refractivity contribution in [3.63, 3.8) is 0 Å². The number of benzene rings is 1. The Bertz CT molecular complexity index is 989. The van der Waals surface area contributed by atoms with Crippen molar-refractivity contribution < 1.29 is 39.2 Å². The molecule has 0 spiro atoms. The average Bonchev–Trinajstić information content (AvgIpc) is 3.15. The molecular weight excluding hydrogens is 482 g/mol. The molecule has 0 aromatic heterocycles. The van der Waals surface area contributed by atoms with Crippen molar-refractivity contribution >= 4 is 35.1 Å². The number of carbonyl (C=O) groups is 3. The molecule has 12 heteroatoms. The number of fused-ring (bicyclic) bond motifs is 2. The largest absolute Gasteiger partial charge is 0.492 e. The summed E-state index contributed by atoms with van der Waals surface area (Å²) in [6, 6.07) is 1.61. The molecule has 0 radical (unpaired) electrons. The molecule has 3 fully saturated rings. The van der Waals surface area contributed by atoms with Gasteiger partial charge in [0.05, 0.1) is 28.5 Å². The zero-order valence-electron chi connectivity index (χ0n) is 19.2. The summed E-state index contributed by atoms with van der Waals surface area (Å²) >= 11 is 6.21. The molecule has 1 aromatic rings. The molecule has 6 N–H and O–H groups in total. The molecule has 1 amide bonds. The summed E-state index contributed by atoms with van der Waals surface area (Å²) in [5, 5.41) is 29.0. The number of nitrogen functional groups attached to an aromatic ring is 1. The van der Waals surface area contributed by atoms with Gasteiger partial charge in [-0.1, -0.05) is 11.6 Å². The van der Waals surface area contributed by atoms with Gasteiger partial charge in [-0.05, 0) is 23.8 Å². The first-order valence-corrected chi connectivity index (χ1v) is 12.0. The number of β-amino-alcohol motifs (C(OH)–C–C–N with tert-alkyl or cyclic N) is 1. The number of nitrogens with two attached hydrogens (primary N) is 1. The second-order valence-corrected chi connectivity index (χ2v) is 9.98. The van der Waals surface area contributed by atoms with Crippen molar-refractivity contribution in [1.82, 2.24) is 10.2 Å². The van der Waals surface area contributed by atoms with E-state index in [2.05, 4.69) is 10.2 Å². The van der Waals surface area contributed by atoms with Gasteiger partial charge in [0.15, 0.2) is 0 Å². The predicted octanol–water partition coefficient (Wildman–Crippen LogP) is 0.462. The fourth-order valence-electron chi connectivity index (χ4n) is 5.34. The lowest BCUT2D eigenvalue weighted by atomic mass is 9.93. The highest BCUT2D eigenvalue weighted by Crippen LogP contribution is 2.51. The molecule has 3 aliphatic heterocycles. The Morgan fingerprint density at radius 3 is 2.37 bits per heavy atom. The highest BCUT2D eigenvalue weighted by molar-refractivity contribution is 6.33. The number of nitrogens with zero attached hydrogens (tertiary/aromatic N) is 1. The number of aliphatic hydroxyl groups is 1. The molecule has 35 heavy (non-hydrogen) atoms. The van der Waals surface area contributed by atoms with Gasteiger partial charge < -0.3 is 35.8 Å². The third-order valence-corrected chi connectivity index (χ3v) is 7.60. The Labute approximate surface area is 207 Å². The van der Waals surface area contributed by atoms with E-state index >= 15 is 0 Å². The number of ether oxygens (including phenoxy) is 2. The molecule has 0 bridgehead atoms. The summed E-state index contributed by atoms with van der Waals surface area (Å²) in [4.78, 5) is 33.3. The van der Waals surface area contributed by atoms with E-state index in [0.29, 0.717) is 72.6 Å². The van der Waals surface area contributed by atoms with E-state index in [1.165, 1.54) is 0 Å². The van der Waals surface area contributed by atoms with Crippen LogP contribution in [0, 0.1) is 17.8 Å². The lowest BCUT2D eigenvalue weighted by molar-refractivity contribution is -0.159. The molecule has 2 atom stereocenters. The van der Waals surface area contributed by atoms with Gasteiger partial charge in [-0.2, -0.15) is 0 Å². The number of carboxylic acid groups (broad SMARTS) is 2. The maximum Gasteiger partial charge on any atom is 0.414 e. The van der Waals surface area contributed by atoms with Crippen LogP contribution in [-0.4, -0.2) is 89.7 Å². The van der Waals surface area contributed by atoms with Gasteiger partial charge >= 0.3 is 11.9 Å². The lowest BCUT2D eigenvalue weighted by Crippen LogP contribution is -2.47. The number of carboxylic acids is 2. The Morgan fingerprint density at radius 2 is 1.77 bits per heavy atom. The van der Waals surface area contributed by atoms with E-state index in [1.54, 1.807) is 6.07 Å². The fraction of sp³-hybridized carbons (Fsp3) is 0.609. The first-order chi connectivity index (χ1) is 16.6. The Balaban J connectivity index is 0.000000431. The maximum atomic E-state index is 12.7. The Kier molecular flexibility index (Phi) is 7.41. The van der Waals surface area contributed by atoms with E-state index in [0.717, 1.165) is 38.0 Å². The number of hydrogen-bond acceptors (Lipinski definition) is 8. The van der Waals surface area contributed by atoms with Crippen LogP contribution >= 0.6 is 11.6 Å². The third-order valence-electron chi connectivity index (χ3n) is 7.28. The van der Waals surface area contributed by atoms with Gasteiger partial charge in [0.25, 0.3) is 5.91 Å². The van der Waals surface area contributed by atoms with Crippen molar-refractivity contribution in [2.45, 2.75) is 24.9 Å². The van der Waals surface area contributed by atoms with Gasteiger partial charge in [0.1, 0.15) is 5.75 Å². The summed E-state index contributed by atoms with van der Waals surface area (Å²) in [7, 11) is 0. The standard InChI is InChI=1S/C21H28ClN3O4.C2H2O4/c22-17-7-13(19-12(18(17)23)1-4-29-19)20(26)24-8-14-15-9-25(10-16(14)15)11-21(27)2-5-28-6-3-21;3-1(4)2(5)6/h7,14-16,27H,1-6,8-11,23H2,(H,24,26);(H,3,4)(H,5,6). The van der Waals surface area contributed by atoms with Crippen LogP contribution in [0.25, 0.3) is 0 Å². The van der Waals surface area contributed by atoms with Crippen molar-refractivity contribution in [2.24, 2.45) is 17.8 Å². The van der Waals surface area contributed by atoms with Gasteiger partial charge in [-0.25, -0.2) is 9.59 Å². The number of hydrogen-bond donors (Lipinski definition) is 5. The molecule has 1 saturated carbocycles. The summed E-state index contributed by atoms with van der Waals surface area (Å²) in [6.07, 6.45) is 2.12. The number of amides is 1. The van der Waals surface area contributed by atoms with Gasteiger partial charge in [0, 0.05) is 64.2 Å². The minimum Gasteiger partial charge on any atom is -0.492 e. The summed E-state index contributed by atoms with van der Waals surface area (Å²) in [5.74, 6) is -1.49. The number of rotatable bonds is 5. The predicted molar refractivity (Wildman–Crippen MR) is 125 cm³/mol. The van der Waals surface area contributed by atoms with Crippen LogP contribution in [0.1, 0.15) is 28.8 Å². The molecule has 5 rings (SSSR count). The van der Waals surface area contributed by atoms with E-state index in [-0.39, 0.29) is 5.91 Å². The number of anilines is 1. The van der Waals surface area contributed by atoms with Crippen molar-refractivity contribution in [3.05, 3.63) is 22.2 Å². The van der Waals surface area contributed by atoms with Crippen LogP contribution in [0.15, 0.2) is 6.07 Å². The monoisotopic (exact) mass is 511 g/mol. The number of halogens is 1. The average molecular weight is 512 g/mol. The third kappa shape index (κ3) is 5.64. The van der Waals surface area contributed by atoms with E-state index < -0.39 is 17.5 Å². The number of nitrogens with one attached hydrogen (secondary N) is 1. The normalized spacial score (nSPS) is 25.9. The van der Waals surface area contributed by atoms with Crippen molar-refractivity contribution in [1.29, 1.82) is 0 Å². The molecule has 2 unspecified atom stereocenters.